The van der Waals surface area contributed by atoms with Crippen molar-refractivity contribution in [2.45, 2.75) is 5.92 Å². The van der Waals surface area contributed by atoms with Crippen LogP contribution in [0.1, 0.15) is 17.0 Å². The lowest BCUT2D eigenvalue weighted by Crippen LogP contribution is -2.17. The summed E-state index contributed by atoms with van der Waals surface area (Å²) in [5.41, 5.74) is 4.51. The number of hydrogen-bond donors (Lipinski definition) is 0. The van der Waals surface area contributed by atoms with Crippen molar-refractivity contribution in [2.75, 3.05) is 20.8 Å². The number of nitrogens with zero attached hydrogens (tertiary/aromatic N) is 3. The zero-order valence-corrected chi connectivity index (χ0v) is 15.3. The second kappa shape index (κ2) is 7.51. The van der Waals surface area contributed by atoms with Crippen LogP contribution in [0.2, 0.25) is 0 Å². The summed E-state index contributed by atoms with van der Waals surface area (Å²) >= 11 is 0. The van der Waals surface area contributed by atoms with Gasteiger partial charge in [0.15, 0.2) is 0 Å². The molecule has 0 amide bonds. The second-order valence-corrected chi connectivity index (χ2v) is 5.98. The Bertz CT molecular complexity index is 956. The number of carbonyl (C=O) groups excluding carboxylic acids is 1. The normalized spacial score (nSPS) is 12.1. The van der Waals surface area contributed by atoms with E-state index in [2.05, 4.69) is 27.1 Å². The van der Waals surface area contributed by atoms with E-state index in [1.54, 1.807) is 0 Å². The fourth-order valence-corrected chi connectivity index (χ4v) is 3.24. The molecule has 1 aromatic heterocycles. The molecule has 0 radical (unpaired) electrons. The van der Waals surface area contributed by atoms with Gasteiger partial charge in [-0.2, -0.15) is 0 Å². The Morgan fingerprint density at radius 3 is 1.86 bits per heavy atom. The number of benzene rings is 2. The van der Waals surface area contributed by atoms with E-state index < -0.39 is 6.16 Å². The summed E-state index contributed by atoms with van der Waals surface area (Å²) in [6, 6.07) is 15.8. The highest BCUT2D eigenvalue weighted by atomic mass is 16.7. The summed E-state index contributed by atoms with van der Waals surface area (Å²) in [4.78, 5) is 23.7. The molecule has 2 aromatic carbocycles. The minimum Gasteiger partial charge on any atom is -0.467 e. The van der Waals surface area contributed by atoms with E-state index in [-0.39, 0.29) is 30.6 Å². The van der Waals surface area contributed by atoms with E-state index in [4.69, 9.17) is 18.9 Å². The molecule has 0 saturated carbocycles. The van der Waals surface area contributed by atoms with Gasteiger partial charge in [0.05, 0.1) is 14.2 Å². The highest BCUT2D eigenvalue weighted by Gasteiger charge is 2.29. The number of rotatable bonds is 5. The van der Waals surface area contributed by atoms with E-state index in [9.17, 15) is 4.79 Å². The van der Waals surface area contributed by atoms with Crippen molar-refractivity contribution in [2.24, 2.45) is 0 Å². The smallest absolute Gasteiger partial charge is 0.467 e. The molecule has 0 bridgehead atoms. The zero-order chi connectivity index (χ0) is 19.5. The van der Waals surface area contributed by atoms with E-state index in [1.165, 1.54) is 14.2 Å². The van der Waals surface area contributed by atoms with Crippen LogP contribution in [0, 0.1) is 0 Å². The van der Waals surface area contributed by atoms with Gasteiger partial charge in [0, 0.05) is 5.92 Å². The van der Waals surface area contributed by atoms with Gasteiger partial charge in [-0.25, -0.2) is 4.79 Å². The topological polar surface area (TPSA) is 92.7 Å². The summed E-state index contributed by atoms with van der Waals surface area (Å²) in [6.45, 7) is 0.131. The van der Waals surface area contributed by atoms with Gasteiger partial charge in [0.1, 0.15) is 6.61 Å². The number of hydrogen-bond acceptors (Lipinski definition) is 8. The molecule has 8 nitrogen and oxygen atoms in total. The van der Waals surface area contributed by atoms with Crippen molar-refractivity contribution < 1.29 is 23.7 Å². The van der Waals surface area contributed by atoms with Crippen molar-refractivity contribution in [1.29, 1.82) is 0 Å². The van der Waals surface area contributed by atoms with Gasteiger partial charge in [-0.15, -0.1) is 15.0 Å². The van der Waals surface area contributed by atoms with Gasteiger partial charge < -0.3 is 18.9 Å². The van der Waals surface area contributed by atoms with Crippen LogP contribution in [0.25, 0.3) is 11.1 Å². The predicted molar refractivity (Wildman–Crippen MR) is 98.6 cm³/mol. The third-order valence-corrected chi connectivity index (χ3v) is 4.44. The highest BCUT2D eigenvalue weighted by molar-refractivity contribution is 5.79. The molecule has 1 aliphatic rings. The van der Waals surface area contributed by atoms with Gasteiger partial charge in [-0.1, -0.05) is 48.5 Å². The van der Waals surface area contributed by atoms with Crippen molar-refractivity contribution in [3.8, 4) is 29.2 Å². The number of methoxy groups -OCH3 is 2. The van der Waals surface area contributed by atoms with Crippen LogP contribution in [0.4, 0.5) is 4.79 Å². The summed E-state index contributed by atoms with van der Waals surface area (Å²) in [7, 11) is 2.76. The predicted octanol–water partition coefficient (Wildman–Crippen LogP) is 3.22. The van der Waals surface area contributed by atoms with Gasteiger partial charge >= 0.3 is 24.2 Å². The number of ether oxygens (including phenoxy) is 4. The van der Waals surface area contributed by atoms with Gasteiger partial charge in [0.25, 0.3) is 0 Å². The molecule has 0 atom stereocenters. The molecule has 0 saturated heterocycles. The fourth-order valence-electron chi connectivity index (χ4n) is 3.24. The molecule has 1 aliphatic carbocycles. The van der Waals surface area contributed by atoms with Crippen LogP contribution in [0.15, 0.2) is 48.5 Å². The minimum atomic E-state index is -0.919. The van der Waals surface area contributed by atoms with Crippen LogP contribution >= 0.6 is 0 Å². The van der Waals surface area contributed by atoms with E-state index in [1.807, 2.05) is 36.4 Å². The van der Waals surface area contributed by atoms with Crippen molar-refractivity contribution in [1.82, 2.24) is 15.0 Å². The van der Waals surface area contributed by atoms with E-state index in [0.29, 0.717) is 0 Å². The molecule has 4 rings (SSSR count). The zero-order valence-electron chi connectivity index (χ0n) is 15.3. The quantitative estimate of drug-likeness (QED) is 0.624. The SMILES string of the molecule is COc1nc(OC)nc(OC(=O)OCC2c3ccccc3-c3ccccc32)n1. The maximum atomic E-state index is 12.2. The van der Waals surface area contributed by atoms with Crippen LogP contribution < -0.4 is 14.2 Å². The Labute approximate surface area is 161 Å². The Morgan fingerprint density at radius 1 is 0.821 bits per heavy atom. The Morgan fingerprint density at radius 2 is 1.32 bits per heavy atom. The number of fused-ring (bicyclic) bond motifs is 3. The van der Waals surface area contributed by atoms with Crippen molar-refractivity contribution in [3.63, 3.8) is 0 Å². The Balaban J connectivity index is 1.49. The summed E-state index contributed by atoms with van der Waals surface area (Å²) < 4.78 is 20.2. The third-order valence-electron chi connectivity index (χ3n) is 4.44. The summed E-state index contributed by atoms with van der Waals surface area (Å²) in [6.07, 6.45) is -0.919. The first-order valence-corrected chi connectivity index (χ1v) is 8.56. The summed E-state index contributed by atoms with van der Waals surface area (Å²) in [5, 5.41) is 0. The first kappa shape index (κ1) is 17.7. The summed E-state index contributed by atoms with van der Waals surface area (Å²) in [5.74, 6) is -0.0672. The minimum absolute atomic E-state index is 0.0340. The van der Waals surface area contributed by atoms with E-state index >= 15 is 0 Å². The average Bonchev–Trinajstić information content (AvgIpc) is 3.05. The van der Waals surface area contributed by atoms with Gasteiger partial charge in [-0.05, 0) is 22.3 Å². The first-order chi connectivity index (χ1) is 13.7. The third kappa shape index (κ3) is 3.32. The van der Waals surface area contributed by atoms with Crippen molar-refractivity contribution in [3.05, 3.63) is 59.7 Å². The molecule has 1 heterocycles. The Hall–Kier alpha value is -3.68. The first-order valence-electron chi connectivity index (χ1n) is 8.56. The lowest BCUT2D eigenvalue weighted by molar-refractivity contribution is 0.0925. The monoisotopic (exact) mass is 379 g/mol. The molecule has 0 aliphatic heterocycles. The average molecular weight is 379 g/mol. The molecule has 3 aromatic rings. The maximum Gasteiger partial charge on any atom is 0.516 e. The number of aromatic nitrogens is 3. The maximum absolute atomic E-state index is 12.2. The molecular formula is C20H17N3O5. The molecule has 0 unspecified atom stereocenters. The molecular weight excluding hydrogens is 362 g/mol. The van der Waals surface area contributed by atoms with Gasteiger partial charge in [-0.3, -0.25) is 0 Å². The second-order valence-electron chi connectivity index (χ2n) is 5.98. The van der Waals surface area contributed by atoms with Gasteiger partial charge in [0.2, 0.25) is 0 Å². The molecule has 0 spiro atoms. The standard InChI is InChI=1S/C20H17N3O5/c1-25-17-21-18(26-2)23-19(22-17)28-20(24)27-11-16-14-9-5-3-7-12(14)13-8-4-6-10-15(13)16/h3-10,16H,11H2,1-2H3. The molecule has 0 fully saturated rings. The van der Waals surface area contributed by atoms with E-state index in [0.717, 1.165) is 22.3 Å². The van der Waals surface area contributed by atoms with Crippen molar-refractivity contribution >= 4 is 6.16 Å². The number of carbonyl (C=O) groups is 1. The highest BCUT2D eigenvalue weighted by Crippen LogP contribution is 2.44. The van der Waals surface area contributed by atoms with Crippen LogP contribution in [-0.4, -0.2) is 41.9 Å². The largest absolute Gasteiger partial charge is 0.516 e. The Kier molecular flexibility index (Phi) is 4.76. The molecule has 142 valence electrons. The lowest BCUT2D eigenvalue weighted by atomic mass is 9.98. The molecule has 0 N–H and O–H groups in total. The molecule has 28 heavy (non-hydrogen) atoms. The van der Waals surface area contributed by atoms with Crippen LogP contribution in [0.5, 0.6) is 18.0 Å². The molecule has 8 heteroatoms. The van der Waals surface area contributed by atoms with Crippen LogP contribution in [-0.2, 0) is 4.74 Å². The van der Waals surface area contributed by atoms with Crippen LogP contribution in [0.3, 0.4) is 0 Å². The fraction of sp³-hybridized carbons (Fsp3) is 0.200. The lowest BCUT2D eigenvalue weighted by Gasteiger charge is -2.13.